The number of imide groups is 1. The summed E-state index contributed by atoms with van der Waals surface area (Å²) in [5.74, 6) is -3.53. The number of nitrogens with zero attached hydrogens (tertiary/aromatic N) is 1. The molecule has 7 nitrogen and oxygen atoms in total. The van der Waals surface area contributed by atoms with E-state index in [1.807, 2.05) is 13.8 Å². The van der Waals surface area contributed by atoms with Crippen molar-refractivity contribution in [1.82, 2.24) is 0 Å². The van der Waals surface area contributed by atoms with E-state index < -0.39 is 17.8 Å². The van der Waals surface area contributed by atoms with E-state index in [0.29, 0.717) is 35.3 Å². The molecule has 4 rings (SSSR count). The van der Waals surface area contributed by atoms with E-state index in [-0.39, 0.29) is 17.7 Å². The van der Waals surface area contributed by atoms with Crippen molar-refractivity contribution in [2.24, 2.45) is 11.8 Å². The van der Waals surface area contributed by atoms with E-state index in [2.05, 4.69) is 5.32 Å². The lowest BCUT2D eigenvalue weighted by atomic mass is 9.76. The van der Waals surface area contributed by atoms with Crippen LogP contribution >= 0.6 is 0 Å². The molecule has 2 aromatic carbocycles. The van der Waals surface area contributed by atoms with Crippen molar-refractivity contribution in [3.8, 4) is 0 Å². The van der Waals surface area contributed by atoms with E-state index in [1.165, 1.54) is 0 Å². The molecular formula is C24H22N2O5. The number of benzene rings is 2. The number of aliphatic carboxylic acids is 1. The monoisotopic (exact) mass is 418 g/mol. The van der Waals surface area contributed by atoms with Gasteiger partial charge in [-0.25, -0.2) is 4.90 Å². The maximum Gasteiger partial charge on any atom is 0.307 e. The number of fused-ring (bicyclic) bond motifs is 1. The van der Waals surface area contributed by atoms with Crippen molar-refractivity contribution < 1.29 is 24.3 Å². The minimum atomic E-state index is -0.979. The fraction of sp³-hybridized carbons (Fsp3) is 0.250. The largest absolute Gasteiger partial charge is 0.481 e. The van der Waals surface area contributed by atoms with Crippen LogP contribution in [-0.2, 0) is 9.59 Å². The zero-order valence-corrected chi connectivity index (χ0v) is 17.2. The average molecular weight is 418 g/mol. The Morgan fingerprint density at radius 1 is 0.871 bits per heavy atom. The zero-order chi connectivity index (χ0) is 22.3. The van der Waals surface area contributed by atoms with Gasteiger partial charge in [0, 0.05) is 5.69 Å². The lowest BCUT2D eigenvalue weighted by molar-refractivity contribution is -0.146. The summed E-state index contributed by atoms with van der Waals surface area (Å²) < 4.78 is 0. The number of rotatable bonds is 4. The highest BCUT2D eigenvalue weighted by molar-refractivity contribution is 6.34. The van der Waals surface area contributed by atoms with E-state index in [9.17, 15) is 24.3 Å². The highest BCUT2D eigenvalue weighted by atomic mass is 16.4. The number of carbonyl (C=O) groups is 4. The molecule has 0 unspecified atom stereocenters. The van der Waals surface area contributed by atoms with Crippen LogP contribution in [0.3, 0.4) is 0 Å². The third-order valence-corrected chi connectivity index (χ3v) is 6.11. The Morgan fingerprint density at radius 3 is 1.90 bits per heavy atom. The summed E-state index contributed by atoms with van der Waals surface area (Å²) in [4.78, 5) is 50.8. The number of hydrogen-bond donors (Lipinski definition) is 2. The third-order valence-electron chi connectivity index (χ3n) is 6.11. The fourth-order valence-electron chi connectivity index (χ4n) is 4.18. The predicted octanol–water partition coefficient (Wildman–Crippen LogP) is 3.87. The molecule has 2 aliphatic rings. The Bertz CT molecular complexity index is 1100. The van der Waals surface area contributed by atoms with Crippen molar-refractivity contribution in [2.75, 3.05) is 10.2 Å². The number of hydrogen-bond acceptors (Lipinski definition) is 4. The molecule has 0 radical (unpaired) electrons. The van der Waals surface area contributed by atoms with Crippen LogP contribution in [0, 0.1) is 11.8 Å². The van der Waals surface area contributed by atoms with Gasteiger partial charge in [0.2, 0.25) is 5.91 Å². The Balaban J connectivity index is 1.51. The van der Waals surface area contributed by atoms with Gasteiger partial charge in [-0.3, -0.25) is 19.2 Å². The predicted molar refractivity (Wildman–Crippen MR) is 115 cm³/mol. The normalized spacial score (nSPS) is 20.6. The van der Waals surface area contributed by atoms with Crippen molar-refractivity contribution in [3.05, 3.63) is 70.8 Å². The molecule has 0 spiro atoms. The summed E-state index contributed by atoms with van der Waals surface area (Å²) in [6.45, 7) is 3.82. The third kappa shape index (κ3) is 3.63. The summed E-state index contributed by atoms with van der Waals surface area (Å²) in [6.07, 6.45) is 0.764. The molecule has 1 aliphatic carbocycles. The van der Waals surface area contributed by atoms with Gasteiger partial charge in [-0.05, 0) is 63.1 Å². The first-order valence-electron chi connectivity index (χ1n) is 10.0. The van der Waals surface area contributed by atoms with Crippen LogP contribution in [0.2, 0.25) is 0 Å². The van der Waals surface area contributed by atoms with E-state index in [4.69, 9.17) is 0 Å². The smallest absolute Gasteiger partial charge is 0.307 e. The molecule has 0 saturated carbocycles. The van der Waals surface area contributed by atoms with Gasteiger partial charge < -0.3 is 10.4 Å². The Labute approximate surface area is 179 Å². The lowest BCUT2D eigenvalue weighted by Crippen LogP contribution is -2.36. The van der Waals surface area contributed by atoms with E-state index >= 15 is 0 Å². The molecule has 1 aliphatic heterocycles. The fourth-order valence-corrected chi connectivity index (χ4v) is 4.18. The summed E-state index contributed by atoms with van der Waals surface area (Å²) in [7, 11) is 0. The second-order valence-corrected chi connectivity index (χ2v) is 8.05. The van der Waals surface area contributed by atoms with Gasteiger partial charge in [0.15, 0.2) is 0 Å². The summed E-state index contributed by atoms with van der Waals surface area (Å²) >= 11 is 0. The van der Waals surface area contributed by atoms with Gasteiger partial charge in [0.1, 0.15) is 0 Å². The number of anilines is 2. The standard InChI is InChI=1S/C24H22N2O5/c1-13-11-19(20(24(30)31)12-14(13)2)21(27)25-15-7-9-16(10-8-15)26-22(28)17-5-3-4-6-18(17)23(26)29/h3-10,19-20H,11-12H2,1-2H3,(H,25,27)(H,30,31)/t19-,20-/m0/s1. The molecule has 2 atom stereocenters. The molecule has 158 valence electrons. The topological polar surface area (TPSA) is 104 Å². The molecule has 0 aromatic heterocycles. The average Bonchev–Trinajstić information content (AvgIpc) is 3.01. The van der Waals surface area contributed by atoms with Crippen molar-refractivity contribution in [1.29, 1.82) is 0 Å². The first-order chi connectivity index (χ1) is 14.8. The minimum Gasteiger partial charge on any atom is -0.481 e. The Morgan fingerprint density at radius 2 is 1.39 bits per heavy atom. The summed E-state index contributed by atoms with van der Waals surface area (Å²) in [6, 6.07) is 13.0. The quantitative estimate of drug-likeness (QED) is 0.579. The molecular weight excluding hydrogens is 396 g/mol. The van der Waals surface area contributed by atoms with Gasteiger partial charge in [0.05, 0.1) is 28.7 Å². The first kappa shape index (κ1) is 20.5. The number of nitrogens with one attached hydrogen (secondary N) is 1. The molecule has 2 N–H and O–H groups in total. The highest BCUT2D eigenvalue weighted by Gasteiger charge is 2.38. The molecule has 31 heavy (non-hydrogen) atoms. The van der Waals surface area contributed by atoms with Crippen molar-refractivity contribution in [2.45, 2.75) is 26.7 Å². The highest BCUT2D eigenvalue weighted by Crippen LogP contribution is 2.35. The molecule has 0 fully saturated rings. The lowest BCUT2D eigenvalue weighted by Gasteiger charge is -2.29. The first-order valence-corrected chi connectivity index (χ1v) is 10.0. The van der Waals surface area contributed by atoms with Crippen LogP contribution in [-0.4, -0.2) is 28.8 Å². The number of carbonyl (C=O) groups excluding carboxylic acids is 3. The molecule has 3 amide bonds. The SMILES string of the molecule is CC1=C(C)C[C@H](C(=O)Nc2ccc(N3C(=O)c4ccccc4C3=O)cc2)[C@@H](C(=O)O)C1. The van der Waals surface area contributed by atoms with Crippen molar-refractivity contribution >= 4 is 35.1 Å². The molecule has 0 bridgehead atoms. The van der Waals surface area contributed by atoms with Crippen LogP contribution in [0.1, 0.15) is 47.4 Å². The number of amides is 3. The second-order valence-electron chi connectivity index (χ2n) is 8.05. The van der Waals surface area contributed by atoms with Crippen molar-refractivity contribution in [3.63, 3.8) is 0 Å². The van der Waals surface area contributed by atoms with Gasteiger partial charge in [0.25, 0.3) is 11.8 Å². The van der Waals surface area contributed by atoms with Crippen LogP contribution in [0.15, 0.2) is 59.7 Å². The van der Waals surface area contributed by atoms with Gasteiger partial charge in [-0.1, -0.05) is 23.3 Å². The Hall–Kier alpha value is -3.74. The molecule has 7 heteroatoms. The van der Waals surface area contributed by atoms with Crippen LogP contribution < -0.4 is 10.2 Å². The molecule has 1 heterocycles. The second kappa shape index (κ2) is 7.83. The molecule has 2 aromatic rings. The van der Waals surface area contributed by atoms with Crippen LogP contribution in [0.25, 0.3) is 0 Å². The maximum absolute atomic E-state index is 12.8. The van der Waals surface area contributed by atoms with Gasteiger partial charge in [-0.2, -0.15) is 0 Å². The zero-order valence-electron chi connectivity index (χ0n) is 17.2. The molecule has 0 saturated heterocycles. The van der Waals surface area contributed by atoms with E-state index in [0.717, 1.165) is 16.0 Å². The van der Waals surface area contributed by atoms with E-state index in [1.54, 1.807) is 48.5 Å². The maximum atomic E-state index is 12.8. The number of carboxylic acid groups (broad SMARTS) is 1. The minimum absolute atomic E-state index is 0.354. The van der Waals surface area contributed by atoms with Gasteiger partial charge >= 0.3 is 5.97 Å². The van der Waals surface area contributed by atoms with Crippen LogP contribution in [0.5, 0.6) is 0 Å². The number of carboxylic acids is 1. The van der Waals surface area contributed by atoms with Gasteiger partial charge in [-0.15, -0.1) is 0 Å². The summed E-state index contributed by atoms with van der Waals surface area (Å²) in [5.41, 5.74) is 3.65. The Kier molecular flexibility index (Phi) is 5.19. The summed E-state index contributed by atoms with van der Waals surface area (Å²) in [5, 5.41) is 12.3. The van der Waals surface area contributed by atoms with Crippen LogP contribution in [0.4, 0.5) is 11.4 Å². The number of allylic oxidation sites excluding steroid dienone is 2.